The van der Waals surface area contributed by atoms with Gasteiger partial charge in [-0.1, -0.05) is 0 Å². The fourth-order valence-electron chi connectivity index (χ4n) is 0.425. The van der Waals surface area contributed by atoms with Gasteiger partial charge in [0.1, 0.15) is 0 Å². The molecule has 0 rings (SSSR count). The van der Waals surface area contributed by atoms with E-state index in [1.165, 1.54) is 36.1 Å². The zero-order valence-electron chi connectivity index (χ0n) is 6.19. The predicted octanol–water partition coefficient (Wildman–Crippen LogP) is 2.25. The second kappa shape index (κ2) is 3.95. The number of rotatable bonds is 2. The summed E-state index contributed by atoms with van der Waals surface area (Å²) in [4.78, 5) is 0. The van der Waals surface area contributed by atoms with Crippen LogP contribution >= 0.6 is 0 Å². The van der Waals surface area contributed by atoms with E-state index >= 15 is 0 Å². The second-order valence-corrected chi connectivity index (χ2v) is 3.05. The molecule has 0 aliphatic heterocycles. The molecular weight excluding hydrogens is 280 g/mol. The predicted molar refractivity (Wildman–Crippen MR) is 39.3 cm³/mol. The van der Waals surface area contributed by atoms with Crippen molar-refractivity contribution in [3.8, 4) is 0 Å². The zero-order chi connectivity index (χ0) is 7.44. The van der Waals surface area contributed by atoms with Crippen LogP contribution in [0.3, 0.4) is 0 Å². The summed E-state index contributed by atoms with van der Waals surface area (Å²) in [6.07, 6.45) is 0. The number of hydrogen-bond donors (Lipinski definition) is 0. The summed E-state index contributed by atoms with van der Waals surface area (Å²) in [6, 6.07) is 0. The van der Waals surface area contributed by atoms with Crippen molar-refractivity contribution in [2.24, 2.45) is 0 Å². The first kappa shape index (κ1) is 9.04. The van der Waals surface area contributed by atoms with Crippen LogP contribution < -0.4 is 0 Å². The maximum atomic E-state index is 3.86. The zero-order valence-corrected chi connectivity index (χ0v) is 9.13. The molecular formula is C8H12W. The Hall–Kier alpha value is 0.0383. The van der Waals surface area contributed by atoms with Gasteiger partial charge in [-0.25, -0.2) is 0 Å². The first-order valence-corrected chi connectivity index (χ1v) is 4.57. The molecule has 0 unspecified atom stereocenters. The van der Waals surface area contributed by atoms with Gasteiger partial charge in [-0.2, -0.15) is 0 Å². The average molecular weight is 292 g/mol. The summed E-state index contributed by atoms with van der Waals surface area (Å²) < 4.78 is 2.18. The molecule has 0 fully saturated rings. The van der Waals surface area contributed by atoms with E-state index in [0.29, 0.717) is 0 Å². The van der Waals surface area contributed by atoms with Gasteiger partial charge in [0, 0.05) is 0 Å². The summed E-state index contributed by atoms with van der Waals surface area (Å²) in [6.45, 7) is 10.1. The molecule has 0 saturated carbocycles. The van der Waals surface area contributed by atoms with Gasteiger partial charge in [-0.15, -0.1) is 0 Å². The van der Waals surface area contributed by atoms with Crippen LogP contribution in [0, 0.1) is 0 Å². The van der Waals surface area contributed by atoms with E-state index in [2.05, 4.69) is 24.8 Å². The van der Waals surface area contributed by atoms with E-state index in [-0.39, 0.29) is 0 Å². The van der Waals surface area contributed by atoms with Crippen LogP contribution in [-0.4, -0.2) is 4.40 Å². The third-order valence-electron chi connectivity index (χ3n) is 1.41. The van der Waals surface area contributed by atoms with Gasteiger partial charge in [-0.05, 0) is 0 Å². The van der Waals surface area contributed by atoms with Gasteiger partial charge in [0.2, 0.25) is 0 Å². The summed E-state index contributed by atoms with van der Waals surface area (Å²) in [5.74, 6) is 0. The van der Waals surface area contributed by atoms with Crippen molar-refractivity contribution in [3.63, 3.8) is 0 Å². The molecule has 0 radical (unpaired) electrons. The van der Waals surface area contributed by atoms with Crippen LogP contribution in [0.1, 0.15) is 20.8 Å². The van der Waals surface area contributed by atoms with Crippen LogP contribution in [0.15, 0.2) is 23.3 Å². The topological polar surface area (TPSA) is 0 Å². The van der Waals surface area contributed by atoms with Gasteiger partial charge in [0.15, 0.2) is 0 Å². The van der Waals surface area contributed by atoms with E-state index in [1.54, 1.807) is 0 Å². The van der Waals surface area contributed by atoms with E-state index in [0.717, 1.165) is 0 Å². The Balaban J connectivity index is 4.47. The first-order valence-electron chi connectivity index (χ1n) is 2.88. The van der Waals surface area contributed by atoms with Crippen molar-refractivity contribution >= 4 is 4.40 Å². The van der Waals surface area contributed by atoms with Crippen molar-refractivity contribution in [1.29, 1.82) is 0 Å². The molecule has 0 aromatic rings. The Bertz CT molecular complexity index is 163. The van der Waals surface area contributed by atoms with Crippen LogP contribution in [-0.2, 0) is 19.4 Å². The SMILES string of the molecule is C=C(C)C(C)=C(C)[CH]=[W]. The van der Waals surface area contributed by atoms with E-state index in [4.69, 9.17) is 0 Å². The van der Waals surface area contributed by atoms with Gasteiger partial charge in [0.05, 0.1) is 0 Å². The third-order valence-corrected chi connectivity index (χ3v) is 2.68. The maximum absolute atomic E-state index is 3.86. The quantitative estimate of drug-likeness (QED) is 0.685. The molecule has 0 nitrogen and oxygen atoms in total. The summed E-state index contributed by atoms with van der Waals surface area (Å²) in [5.41, 5.74) is 3.85. The minimum absolute atomic E-state index is 1.17. The van der Waals surface area contributed by atoms with Crippen LogP contribution in [0.2, 0.25) is 0 Å². The molecule has 0 aliphatic carbocycles. The monoisotopic (exact) mass is 292 g/mol. The number of allylic oxidation sites excluding steroid dienone is 3. The van der Waals surface area contributed by atoms with Crippen molar-refractivity contribution < 1.29 is 19.4 Å². The Kier molecular flexibility index (Phi) is 3.97. The molecule has 0 amide bonds. The average Bonchev–Trinajstić information content (AvgIpc) is 1.84. The van der Waals surface area contributed by atoms with E-state index in [9.17, 15) is 0 Å². The summed E-state index contributed by atoms with van der Waals surface area (Å²) in [5, 5.41) is 0. The van der Waals surface area contributed by atoms with E-state index < -0.39 is 0 Å². The molecule has 0 atom stereocenters. The Morgan fingerprint density at radius 2 is 1.78 bits per heavy atom. The molecule has 1 heteroatoms. The standard InChI is InChI=1S/C8H12.W/c1-6(2)8(5)7(3)4;/h1H,3H2,2,4-5H3;. The van der Waals surface area contributed by atoms with Crippen molar-refractivity contribution in [1.82, 2.24) is 0 Å². The molecule has 0 aromatic carbocycles. The van der Waals surface area contributed by atoms with E-state index in [1.807, 2.05) is 6.92 Å². The van der Waals surface area contributed by atoms with Crippen molar-refractivity contribution in [2.75, 3.05) is 0 Å². The molecule has 0 bridgehead atoms. The van der Waals surface area contributed by atoms with Gasteiger partial charge >= 0.3 is 67.8 Å². The van der Waals surface area contributed by atoms with Gasteiger partial charge in [-0.3, -0.25) is 0 Å². The van der Waals surface area contributed by atoms with Gasteiger partial charge in [0.25, 0.3) is 0 Å². The minimum atomic E-state index is 1.17. The number of hydrogen-bond acceptors (Lipinski definition) is 0. The Morgan fingerprint density at radius 1 is 1.33 bits per heavy atom. The molecule has 0 N–H and O–H groups in total. The third kappa shape index (κ3) is 2.91. The van der Waals surface area contributed by atoms with Crippen molar-refractivity contribution in [2.45, 2.75) is 20.8 Å². The Labute approximate surface area is 68.1 Å². The normalized spacial score (nSPS) is 12.3. The molecule has 0 heterocycles. The first-order chi connectivity index (χ1) is 4.09. The fraction of sp³-hybridized carbons (Fsp3) is 0.375. The Morgan fingerprint density at radius 3 is 1.89 bits per heavy atom. The van der Waals surface area contributed by atoms with Crippen molar-refractivity contribution in [3.05, 3.63) is 23.3 Å². The molecule has 0 aliphatic rings. The molecule has 9 heavy (non-hydrogen) atoms. The fourth-order valence-corrected chi connectivity index (χ4v) is 1.06. The molecule has 0 aromatic heterocycles. The van der Waals surface area contributed by atoms with Crippen LogP contribution in [0.5, 0.6) is 0 Å². The summed E-state index contributed by atoms with van der Waals surface area (Å²) >= 11 is 1.50. The molecule has 50 valence electrons. The molecule has 0 saturated heterocycles. The summed E-state index contributed by atoms with van der Waals surface area (Å²) in [7, 11) is 0. The second-order valence-electron chi connectivity index (χ2n) is 2.21. The van der Waals surface area contributed by atoms with Crippen LogP contribution in [0.4, 0.5) is 0 Å². The van der Waals surface area contributed by atoms with Gasteiger partial charge < -0.3 is 0 Å². The van der Waals surface area contributed by atoms with Crippen LogP contribution in [0.25, 0.3) is 0 Å². The molecule has 0 spiro atoms.